The van der Waals surface area contributed by atoms with Gasteiger partial charge in [-0.3, -0.25) is 0 Å². The molecule has 0 spiro atoms. The molecule has 3 saturated heterocycles. The number of fused-ring (bicyclic) bond motifs is 3. The monoisotopic (exact) mass is 269 g/mol. The second kappa shape index (κ2) is 6.23. The second-order valence-electron chi connectivity index (χ2n) is 5.54. The summed E-state index contributed by atoms with van der Waals surface area (Å²) in [5, 5.41) is 14.5. The largest absolute Gasteiger partial charge is 0.480 e. The number of carbonyl (C=O) groups is 2. The predicted molar refractivity (Wildman–Crippen MR) is 71.0 cm³/mol. The normalized spacial score (nSPS) is 30.7. The van der Waals surface area contributed by atoms with Crippen LogP contribution in [0.4, 0.5) is 4.79 Å². The molecule has 108 valence electrons. The van der Waals surface area contributed by atoms with Crippen LogP contribution in [-0.2, 0) is 4.79 Å². The lowest BCUT2D eigenvalue weighted by Gasteiger charge is -2.44. The molecule has 2 amide bonds. The highest BCUT2D eigenvalue weighted by molar-refractivity contribution is 5.82. The molecule has 19 heavy (non-hydrogen) atoms. The van der Waals surface area contributed by atoms with Gasteiger partial charge in [-0.25, -0.2) is 9.59 Å². The summed E-state index contributed by atoms with van der Waals surface area (Å²) in [6.45, 7) is 5.04. The van der Waals surface area contributed by atoms with Crippen LogP contribution in [0.2, 0.25) is 0 Å². The van der Waals surface area contributed by atoms with E-state index in [-0.39, 0.29) is 12.1 Å². The highest BCUT2D eigenvalue weighted by Crippen LogP contribution is 2.27. The van der Waals surface area contributed by atoms with Gasteiger partial charge in [0.25, 0.3) is 0 Å². The Labute approximate surface area is 113 Å². The number of nitrogens with one attached hydrogen (secondary N) is 2. The van der Waals surface area contributed by atoms with E-state index < -0.39 is 12.0 Å². The van der Waals surface area contributed by atoms with Gasteiger partial charge >= 0.3 is 12.0 Å². The number of amides is 2. The Morgan fingerprint density at radius 1 is 1.37 bits per heavy atom. The third kappa shape index (κ3) is 3.59. The lowest BCUT2D eigenvalue weighted by atomic mass is 9.84. The number of aliphatic carboxylic acids is 1. The topological polar surface area (TPSA) is 81.7 Å². The molecule has 3 aliphatic heterocycles. The summed E-state index contributed by atoms with van der Waals surface area (Å²) in [4.78, 5) is 25.2. The average molecular weight is 269 g/mol. The van der Waals surface area contributed by atoms with Crippen molar-refractivity contribution in [1.82, 2.24) is 15.5 Å². The van der Waals surface area contributed by atoms with Crippen molar-refractivity contribution in [2.45, 2.75) is 44.7 Å². The fourth-order valence-electron chi connectivity index (χ4n) is 3.04. The molecule has 2 bridgehead atoms. The maximum atomic E-state index is 11.9. The van der Waals surface area contributed by atoms with Crippen molar-refractivity contribution in [1.29, 1.82) is 0 Å². The van der Waals surface area contributed by atoms with E-state index in [2.05, 4.69) is 15.5 Å². The maximum Gasteiger partial charge on any atom is 0.326 e. The first-order valence-corrected chi connectivity index (χ1v) is 7.12. The van der Waals surface area contributed by atoms with Crippen LogP contribution < -0.4 is 10.6 Å². The summed E-state index contributed by atoms with van der Waals surface area (Å²) in [5.74, 6) is -0.420. The summed E-state index contributed by atoms with van der Waals surface area (Å²) in [7, 11) is 0. The predicted octanol–water partition coefficient (Wildman–Crippen LogP) is 0.633. The minimum Gasteiger partial charge on any atom is -0.480 e. The SMILES string of the molecule is CCC[C@@H](NC(=O)NC1CN2CCC1CC2)C(=O)O. The molecule has 6 nitrogen and oxygen atoms in total. The fourth-order valence-corrected chi connectivity index (χ4v) is 3.04. The summed E-state index contributed by atoms with van der Waals surface area (Å²) >= 11 is 0. The molecule has 0 aromatic heterocycles. The number of nitrogens with zero attached hydrogens (tertiary/aromatic N) is 1. The molecule has 3 N–H and O–H groups in total. The zero-order valence-electron chi connectivity index (χ0n) is 11.4. The third-order valence-corrected chi connectivity index (χ3v) is 4.15. The van der Waals surface area contributed by atoms with E-state index in [1.807, 2.05) is 6.92 Å². The third-order valence-electron chi connectivity index (χ3n) is 4.15. The van der Waals surface area contributed by atoms with Gasteiger partial charge in [0, 0.05) is 12.6 Å². The van der Waals surface area contributed by atoms with Crippen molar-refractivity contribution >= 4 is 12.0 Å². The highest BCUT2D eigenvalue weighted by Gasteiger charge is 2.35. The van der Waals surface area contributed by atoms with Gasteiger partial charge in [0.05, 0.1) is 0 Å². The quantitative estimate of drug-likeness (QED) is 0.684. The van der Waals surface area contributed by atoms with Crippen LogP contribution in [0.3, 0.4) is 0 Å². The minimum absolute atomic E-state index is 0.165. The zero-order valence-corrected chi connectivity index (χ0v) is 11.4. The van der Waals surface area contributed by atoms with Crippen LogP contribution in [0, 0.1) is 5.92 Å². The van der Waals surface area contributed by atoms with E-state index in [0.717, 1.165) is 38.9 Å². The summed E-state index contributed by atoms with van der Waals surface area (Å²) < 4.78 is 0. The first-order valence-electron chi connectivity index (χ1n) is 7.12. The van der Waals surface area contributed by atoms with Gasteiger partial charge in [0.1, 0.15) is 6.04 Å². The van der Waals surface area contributed by atoms with Crippen LogP contribution in [0.25, 0.3) is 0 Å². The molecule has 3 rings (SSSR count). The molecular formula is C13H23N3O3. The molecule has 3 heterocycles. The van der Waals surface area contributed by atoms with E-state index in [9.17, 15) is 9.59 Å². The summed E-state index contributed by atoms with van der Waals surface area (Å²) in [5.41, 5.74) is 0. The maximum absolute atomic E-state index is 11.9. The number of hydrogen-bond acceptors (Lipinski definition) is 3. The summed E-state index contributed by atoms with van der Waals surface area (Å²) in [6, 6.07) is -0.968. The van der Waals surface area contributed by atoms with E-state index >= 15 is 0 Å². The van der Waals surface area contributed by atoms with Gasteiger partial charge in [-0.05, 0) is 38.3 Å². The van der Waals surface area contributed by atoms with Gasteiger partial charge in [0.2, 0.25) is 0 Å². The Kier molecular flexibility index (Phi) is 4.63. The van der Waals surface area contributed by atoms with Crippen LogP contribution in [-0.4, -0.2) is 53.7 Å². The second-order valence-corrected chi connectivity index (χ2v) is 5.54. The van der Waals surface area contributed by atoms with Crippen molar-refractivity contribution < 1.29 is 14.7 Å². The Balaban J connectivity index is 1.82. The molecule has 0 aromatic carbocycles. The molecule has 2 atom stereocenters. The lowest BCUT2D eigenvalue weighted by molar-refractivity contribution is -0.139. The fraction of sp³-hybridized carbons (Fsp3) is 0.846. The number of carbonyl (C=O) groups excluding carboxylic acids is 1. The Hall–Kier alpha value is -1.30. The molecule has 0 radical (unpaired) electrons. The smallest absolute Gasteiger partial charge is 0.326 e. The van der Waals surface area contributed by atoms with E-state index in [4.69, 9.17) is 5.11 Å². The van der Waals surface area contributed by atoms with Crippen molar-refractivity contribution in [2.75, 3.05) is 19.6 Å². The standard InChI is InChI=1S/C13H23N3O3/c1-2-3-10(12(17)18)14-13(19)15-11-8-16-6-4-9(11)5-7-16/h9-11H,2-8H2,1H3,(H,17,18)(H2,14,15,19)/t10-,11?/m1/s1. The van der Waals surface area contributed by atoms with E-state index in [0.29, 0.717) is 12.3 Å². The van der Waals surface area contributed by atoms with Crippen LogP contribution >= 0.6 is 0 Å². The molecular weight excluding hydrogens is 246 g/mol. The van der Waals surface area contributed by atoms with Crippen LogP contribution in [0.15, 0.2) is 0 Å². The minimum atomic E-state index is -0.967. The average Bonchev–Trinajstić information content (AvgIpc) is 2.39. The van der Waals surface area contributed by atoms with Gasteiger partial charge in [-0.1, -0.05) is 13.3 Å². The molecule has 0 aliphatic carbocycles. The van der Waals surface area contributed by atoms with Crippen molar-refractivity contribution in [3.63, 3.8) is 0 Å². The number of rotatable bonds is 5. The van der Waals surface area contributed by atoms with Gasteiger partial charge < -0.3 is 20.6 Å². The van der Waals surface area contributed by atoms with Crippen molar-refractivity contribution in [2.24, 2.45) is 5.92 Å². The van der Waals surface area contributed by atoms with Gasteiger partial charge in [-0.15, -0.1) is 0 Å². The first-order chi connectivity index (χ1) is 9.10. The van der Waals surface area contributed by atoms with E-state index in [1.165, 1.54) is 0 Å². The highest BCUT2D eigenvalue weighted by atomic mass is 16.4. The Morgan fingerprint density at radius 3 is 2.53 bits per heavy atom. The molecule has 1 unspecified atom stereocenters. The Bertz CT molecular complexity index is 340. The molecule has 0 saturated carbocycles. The molecule has 3 fully saturated rings. The number of carboxylic acid groups (broad SMARTS) is 1. The number of hydrogen-bond donors (Lipinski definition) is 3. The first kappa shape index (κ1) is 14.1. The van der Waals surface area contributed by atoms with Crippen LogP contribution in [0.5, 0.6) is 0 Å². The lowest BCUT2D eigenvalue weighted by Crippen LogP contribution is -2.59. The number of piperidine rings is 3. The molecule has 3 aliphatic rings. The van der Waals surface area contributed by atoms with Gasteiger partial charge in [0.15, 0.2) is 0 Å². The molecule has 6 heteroatoms. The molecule has 0 aromatic rings. The van der Waals surface area contributed by atoms with Gasteiger partial charge in [-0.2, -0.15) is 0 Å². The van der Waals surface area contributed by atoms with E-state index in [1.54, 1.807) is 0 Å². The number of carboxylic acids is 1. The van der Waals surface area contributed by atoms with Crippen molar-refractivity contribution in [3.05, 3.63) is 0 Å². The van der Waals surface area contributed by atoms with Crippen molar-refractivity contribution in [3.8, 4) is 0 Å². The number of urea groups is 1. The summed E-state index contributed by atoms with van der Waals surface area (Å²) in [6.07, 6.45) is 3.45. The zero-order chi connectivity index (χ0) is 13.8. The Morgan fingerprint density at radius 2 is 2.05 bits per heavy atom. The van der Waals surface area contributed by atoms with Crippen LogP contribution in [0.1, 0.15) is 32.6 Å².